The summed E-state index contributed by atoms with van der Waals surface area (Å²) in [5, 5.41) is 3.15. The molecular weight excluding hydrogens is 396 g/mol. The van der Waals surface area contributed by atoms with Gasteiger partial charge in [-0.1, -0.05) is 31.9 Å². The topological polar surface area (TPSA) is 32.3 Å². The van der Waals surface area contributed by atoms with Gasteiger partial charge in [-0.15, -0.1) is 0 Å². The van der Waals surface area contributed by atoms with Gasteiger partial charge in [0.2, 0.25) is 0 Å². The molecule has 1 aromatic rings. The van der Waals surface area contributed by atoms with Gasteiger partial charge in [0, 0.05) is 39.2 Å². The molecule has 0 bridgehead atoms. The fraction of sp³-hybridized carbons (Fsp3) is 0.562. The molecule has 1 aliphatic heterocycles. The van der Waals surface area contributed by atoms with E-state index >= 15 is 0 Å². The van der Waals surface area contributed by atoms with Crippen LogP contribution in [0, 0.1) is 0 Å². The molecule has 0 unspecified atom stereocenters. The van der Waals surface area contributed by atoms with Gasteiger partial charge in [0.25, 0.3) is 5.91 Å². The van der Waals surface area contributed by atoms with Crippen molar-refractivity contribution in [3.8, 4) is 0 Å². The van der Waals surface area contributed by atoms with Crippen molar-refractivity contribution in [2.45, 2.75) is 45.2 Å². The Morgan fingerprint density at radius 3 is 2.14 bits per heavy atom. The van der Waals surface area contributed by atoms with Crippen LogP contribution in [-0.4, -0.2) is 35.5 Å². The van der Waals surface area contributed by atoms with Crippen molar-refractivity contribution in [3.05, 3.63) is 32.7 Å². The Morgan fingerprint density at radius 2 is 1.67 bits per heavy atom. The average molecular weight is 418 g/mol. The summed E-state index contributed by atoms with van der Waals surface area (Å²) >= 11 is 6.84. The summed E-state index contributed by atoms with van der Waals surface area (Å²) < 4.78 is 1.81. The molecule has 1 amide bonds. The maximum Gasteiger partial charge on any atom is 0.251 e. The molecule has 3 nitrogen and oxygen atoms in total. The Bertz CT molecular complexity index is 497. The Kier molecular flexibility index (Phi) is 5.49. The second-order valence-electron chi connectivity index (χ2n) is 6.56. The fourth-order valence-electron chi connectivity index (χ4n) is 2.65. The van der Waals surface area contributed by atoms with E-state index in [0.29, 0.717) is 5.56 Å². The van der Waals surface area contributed by atoms with E-state index in [9.17, 15) is 4.79 Å². The Morgan fingerprint density at radius 1 is 1.14 bits per heavy atom. The average Bonchev–Trinajstić information content (AvgIpc) is 2.37. The number of rotatable bonds is 2. The van der Waals surface area contributed by atoms with Crippen LogP contribution in [0.25, 0.3) is 0 Å². The number of halogens is 2. The summed E-state index contributed by atoms with van der Waals surface area (Å²) in [5.41, 5.74) is 0.902. The minimum atomic E-state index is 0.00575. The molecule has 0 atom stereocenters. The molecular formula is C16H22Br2N2O. The van der Waals surface area contributed by atoms with Crippen molar-refractivity contribution in [2.24, 2.45) is 0 Å². The first-order valence-corrected chi connectivity index (χ1v) is 8.86. The van der Waals surface area contributed by atoms with Crippen LogP contribution in [0.5, 0.6) is 0 Å². The summed E-state index contributed by atoms with van der Waals surface area (Å²) in [4.78, 5) is 14.8. The highest BCUT2D eigenvalue weighted by molar-refractivity contribution is 9.11. The first-order chi connectivity index (χ1) is 9.75. The molecule has 0 radical (unpaired) electrons. The lowest BCUT2D eigenvalue weighted by Crippen LogP contribution is -2.50. The van der Waals surface area contributed by atoms with Crippen LogP contribution in [-0.2, 0) is 0 Å². The third-order valence-electron chi connectivity index (χ3n) is 3.90. The summed E-state index contributed by atoms with van der Waals surface area (Å²) in [6.07, 6.45) is 2.02. The van der Waals surface area contributed by atoms with Crippen LogP contribution in [0.1, 0.15) is 44.0 Å². The first-order valence-electron chi connectivity index (χ1n) is 7.28. The van der Waals surface area contributed by atoms with Crippen LogP contribution < -0.4 is 5.32 Å². The van der Waals surface area contributed by atoms with Gasteiger partial charge in [-0.3, -0.25) is 9.69 Å². The van der Waals surface area contributed by atoms with E-state index in [1.807, 2.05) is 18.2 Å². The molecule has 1 aromatic carbocycles. The number of benzene rings is 1. The van der Waals surface area contributed by atoms with Gasteiger partial charge in [0.1, 0.15) is 0 Å². The van der Waals surface area contributed by atoms with Crippen LogP contribution >= 0.6 is 31.9 Å². The van der Waals surface area contributed by atoms with Crippen LogP contribution in [0.3, 0.4) is 0 Å². The Balaban J connectivity index is 1.93. The summed E-state index contributed by atoms with van der Waals surface area (Å²) in [5.74, 6) is 0.00575. The lowest BCUT2D eigenvalue weighted by molar-refractivity contribution is 0.0812. The minimum Gasteiger partial charge on any atom is -0.349 e. The highest BCUT2D eigenvalue weighted by atomic mass is 79.9. The maximum absolute atomic E-state index is 12.3. The van der Waals surface area contributed by atoms with Crippen molar-refractivity contribution in [1.82, 2.24) is 10.2 Å². The minimum absolute atomic E-state index is 0.00575. The lowest BCUT2D eigenvalue weighted by Gasteiger charge is -2.41. The van der Waals surface area contributed by atoms with E-state index in [1.54, 1.807) is 0 Å². The lowest BCUT2D eigenvalue weighted by atomic mass is 9.98. The molecule has 1 fully saturated rings. The van der Waals surface area contributed by atoms with Gasteiger partial charge >= 0.3 is 0 Å². The highest BCUT2D eigenvalue weighted by Gasteiger charge is 2.27. The van der Waals surface area contributed by atoms with Crippen molar-refractivity contribution < 1.29 is 4.79 Å². The predicted molar refractivity (Wildman–Crippen MR) is 93.7 cm³/mol. The molecule has 1 aliphatic rings. The van der Waals surface area contributed by atoms with E-state index in [2.05, 4.69) is 62.8 Å². The highest BCUT2D eigenvalue weighted by Crippen LogP contribution is 2.22. The number of nitrogens with one attached hydrogen (secondary N) is 1. The number of hydrogen-bond donors (Lipinski definition) is 1. The van der Waals surface area contributed by atoms with E-state index < -0.39 is 0 Å². The Labute approximate surface area is 143 Å². The zero-order valence-electron chi connectivity index (χ0n) is 12.7. The van der Waals surface area contributed by atoms with Crippen molar-refractivity contribution in [3.63, 3.8) is 0 Å². The number of likely N-dealkylation sites (tertiary alicyclic amines) is 1. The van der Waals surface area contributed by atoms with Gasteiger partial charge in [0.15, 0.2) is 0 Å². The number of carbonyl (C=O) groups excluding carboxylic acids is 1. The smallest absolute Gasteiger partial charge is 0.251 e. The first kappa shape index (κ1) is 17.0. The molecule has 2 rings (SSSR count). The second-order valence-corrected chi connectivity index (χ2v) is 8.40. The zero-order chi connectivity index (χ0) is 15.6. The van der Waals surface area contributed by atoms with Gasteiger partial charge in [-0.05, 0) is 51.8 Å². The van der Waals surface area contributed by atoms with Gasteiger partial charge in [-0.25, -0.2) is 0 Å². The summed E-state index contributed by atoms with van der Waals surface area (Å²) in [7, 11) is 0. The predicted octanol–water partition coefficient (Wildman–Crippen LogP) is 4.20. The van der Waals surface area contributed by atoms with Crippen LogP contribution in [0.15, 0.2) is 27.1 Å². The number of hydrogen-bond acceptors (Lipinski definition) is 2. The number of piperidine rings is 1. The molecule has 0 aromatic heterocycles. The summed E-state index contributed by atoms with van der Waals surface area (Å²) in [6.45, 7) is 8.80. The van der Waals surface area contributed by atoms with Gasteiger partial charge in [0.05, 0.1) is 0 Å². The largest absolute Gasteiger partial charge is 0.349 e. The van der Waals surface area contributed by atoms with Crippen LogP contribution in [0.4, 0.5) is 0 Å². The molecule has 0 spiro atoms. The van der Waals surface area contributed by atoms with E-state index in [1.165, 1.54) is 0 Å². The number of nitrogens with zero attached hydrogens (tertiary/aromatic N) is 1. The molecule has 1 N–H and O–H groups in total. The number of amides is 1. The molecule has 116 valence electrons. The third kappa shape index (κ3) is 4.80. The maximum atomic E-state index is 12.3. The van der Waals surface area contributed by atoms with E-state index in [0.717, 1.165) is 34.9 Å². The van der Waals surface area contributed by atoms with Crippen LogP contribution in [0.2, 0.25) is 0 Å². The SMILES string of the molecule is CC(C)(C)N1CCC(NC(=O)c2cc(Br)cc(Br)c2)CC1. The number of carbonyl (C=O) groups is 1. The fourth-order valence-corrected chi connectivity index (χ4v) is 3.94. The molecule has 5 heteroatoms. The second kappa shape index (κ2) is 6.80. The van der Waals surface area contributed by atoms with Gasteiger partial charge < -0.3 is 5.32 Å². The Hall–Kier alpha value is -0.390. The molecule has 0 saturated carbocycles. The summed E-state index contributed by atoms with van der Waals surface area (Å²) in [6, 6.07) is 5.90. The van der Waals surface area contributed by atoms with Crippen molar-refractivity contribution in [2.75, 3.05) is 13.1 Å². The molecule has 21 heavy (non-hydrogen) atoms. The molecule has 1 saturated heterocycles. The van der Waals surface area contributed by atoms with E-state index in [-0.39, 0.29) is 17.5 Å². The normalized spacial score (nSPS) is 17.8. The molecule has 1 heterocycles. The van der Waals surface area contributed by atoms with Crippen molar-refractivity contribution in [1.29, 1.82) is 0 Å². The standard InChI is InChI=1S/C16H22Br2N2O/c1-16(2,3)20-6-4-14(5-7-20)19-15(21)11-8-12(17)10-13(18)9-11/h8-10,14H,4-7H2,1-3H3,(H,19,21). The quantitative estimate of drug-likeness (QED) is 0.781. The van der Waals surface area contributed by atoms with E-state index in [4.69, 9.17) is 0 Å². The van der Waals surface area contributed by atoms with Gasteiger partial charge in [-0.2, -0.15) is 0 Å². The third-order valence-corrected chi connectivity index (χ3v) is 4.82. The molecule has 0 aliphatic carbocycles. The monoisotopic (exact) mass is 416 g/mol. The van der Waals surface area contributed by atoms with Crippen molar-refractivity contribution >= 4 is 37.8 Å². The zero-order valence-corrected chi connectivity index (χ0v) is 15.9.